The Hall–Kier alpha value is -2.30. The molecule has 1 atom stereocenters. The molecule has 0 amide bonds. The van der Waals surface area contributed by atoms with Crippen molar-refractivity contribution in [1.82, 2.24) is 0 Å². The van der Waals surface area contributed by atoms with Crippen molar-refractivity contribution in [1.29, 1.82) is 0 Å². The van der Waals surface area contributed by atoms with Crippen LogP contribution in [-0.2, 0) is 11.4 Å². The molecule has 0 spiro atoms. The van der Waals surface area contributed by atoms with Gasteiger partial charge in [-0.05, 0) is 54.6 Å². The number of ketones is 1. The molecule has 0 saturated carbocycles. The van der Waals surface area contributed by atoms with Crippen molar-refractivity contribution in [2.45, 2.75) is 32.8 Å². The fraction of sp³-hybridized carbons (Fsp3) is 0.261. The number of aryl methyl sites for hydroxylation is 1. The molecule has 0 aliphatic carbocycles. The topological polar surface area (TPSA) is 35.5 Å². The average molecular weight is 415 g/mol. The van der Waals surface area contributed by atoms with E-state index in [2.05, 4.69) is 18.4 Å². The summed E-state index contributed by atoms with van der Waals surface area (Å²) in [5.74, 6) is 1.47. The van der Waals surface area contributed by atoms with Gasteiger partial charge in [-0.3, -0.25) is 4.79 Å². The van der Waals surface area contributed by atoms with Crippen molar-refractivity contribution >= 4 is 28.7 Å². The van der Waals surface area contributed by atoms with Crippen molar-refractivity contribution in [3.05, 3.63) is 80.5 Å². The van der Waals surface area contributed by atoms with Gasteiger partial charge in [0.1, 0.15) is 12.4 Å². The second kappa shape index (κ2) is 9.26. The Kier molecular flexibility index (Phi) is 6.76. The van der Waals surface area contributed by atoms with E-state index in [0.29, 0.717) is 29.5 Å². The van der Waals surface area contributed by atoms with E-state index in [1.165, 1.54) is 10.4 Å². The minimum atomic E-state index is 0.0176. The molecule has 0 fully saturated rings. The van der Waals surface area contributed by atoms with Gasteiger partial charge in [0.05, 0.1) is 7.11 Å². The molecule has 0 radical (unpaired) electrons. The summed E-state index contributed by atoms with van der Waals surface area (Å²) in [7, 11) is 1.62. The van der Waals surface area contributed by atoms with Crippen LogP contribution in [0.25, 0.3) is 0 Å². The summed E-state index contributed by atoms with van der Waals surface area (Å²) in [6.07, 6.45) is 0.463. The van der Waals surface area contributed by atoms with E-state index in [4.69, 9.17) is 21.1 Å². The summed E-state index contributed by atoms with van der Waals surface area (Å²) < 4.78 is 11.5. The van der Waals surface area contributed by atoms with E-state index < -0.39 is 0 Å². The lowest BCUT2D eigenvalue weighted by atomic mass is 9.90. The van der Waals surface area contributed by atoms with Crippen LogP contribution in [0, 0.1) is 6.92 Å². The molecule has 1 unspecified atom stereocenters. The molecule has 1 aromatic heterocycles. The highest BCUT2D eigenvalue weighted by molar-refractivity contribution is 7.10. The van der Waals surface area contributed by atoms with E-state index in [1.807, 2.05) is 42.5 Å². The van der Waals surface area contributed by atoms with Gasteiger partial charge < -0.3 is 9.47 Å². The molecular weight excluding hydrogens is 392 g/mol. The van der Waals surface area contributed by atoms with Crippen LogP contribution in [0.3, 0.4) is 0 Å². The quantitative estimate of drug-likeness (QED) is 0.427. The molecule has 28 heavy (non-hydrogen) atoms. The number of hydrogen-bond donors (Lipinski definition) is 0. The van der Waals surface area contributed by atoms with Gasteiger partial charge in [-0.25, -0.2) is 0 Å². The summed E-state index contributed by atoms with van der Waals surface area (Å²) in [6, 6.07) is 15.6. The first-order chi connectivity index (χ1) is 13.5. The van der Waals surface area contributed by atoms with Crippen LogP contribution in [0.2, 0.25) is 5.02 Å². The fourth-order valence-corrected chi connectivity index (χ4v) is 4.43. The van der Waals surface area contributed by atoms with Gasteiger partial charge in [0.2, 0.25) is 0 Å². The maximum atomic E-state index is 11.9. The number of Topliss-reactive ketones (excluding diaryl/α,β-unsaturated/α-hetero) is 1. The summed E-state index contributed by atoms with van der Waals surface area (Å²) in [6.45, 7) is 4.07. The largest absolute Gasteiger partial charge is 0.493 e. The second-order valence-electron chi connectivity index (χ2n) is 6.72. The predicted octanol–water partition coefficient (Wildman–Crippen LogP) is 6.41. The first kappa shape index (κ1) is 20.4. The highest BCUT2D eigenvalue weighted by Crippen LogP contribution is 2.38. The molecule has 146 valence electrons. The van der Waals surface area contributed by atoms with Crippen molar-refractivity contribution in [3.63, 3.8) is 0 Å². The smallest absolute Gasteiger partial charge is 0.161 e. The number of hydrogen-bond acceptors (Lipinski definition) is 4. The third-order valence-corrected chi connectivity index (χ3v) is 6.14. The number of benzene rings is 2. The second-order valence-corrected chi connectivity index (χ2v) is 8.07. The molecule has 0 aliphatic heterocycles. The van der Waals surface area contributed by atoms with Gasteiger partial charge in [0, 0.05) is 27.8 Å². The van der Waals surface area contributed by atoms with Crippen LogP contribution in [0.15, 0.2) is 53.9 Å². The van der Waals surface area contributed by atoms with E-state index in [9.17, 15) is 4.79 Å². The minimum absolute atomic E-state index is 0.0176. The summed E-state index contributed by atoms with van der Waals surface area (Å²) in [4.78, 5) is 13.1. The van der Waals surface area contributed by atoms with Crippen LogP contribution in [0.4, 0.5) is 0 Å². The third-order valence-electron chi connectivity index (χ3n) is 4.64. The van der Waals surface area contributed by atoms with Crippen LogP contribution in [0.5, 0.6) is 11.5 Å². The Morgan fingerprint density at radius 2 is 1.93 bits per heavy atom. The van der Waals surface area contributed by atoms with E-state index in [-0.39, 0.29) is 11.7 Å². The molecule has 2 aromatic carbocycles. The number of thiophene rings is 1. The number of ether oxygens (including phenoxy) is 2. The Morgan fingerprint density at radius 3 is 2.57 bits per heavy atom. The molecule has 3 aromatic rings. The van der Waals surface area contributed by atoms with Crippen LogP contribution < -0.4 is 9.47 Å². The number of halogens is 1. The molecular formula is C23H23ClO3S. The molecule has 0 saturated heterocycles. The maximum Gasteiger partial charge on any atom is 0.161 e. The summed E-state index contributed by atoms with van der Waals surface area (Å²) >= 11 is 7.89. The zero-order chi connectivity index (χ0) is 20.1. The molecule has 1 heterocycles. The highest BCUT2D eigenvalue weighted by atomic mass is 35.5. The van der Waals surface area contributed by atoms with Gasteiger partial charge >= 0.3 is 0 Å². The van der Waals surface area contributed by atoms with Gasteiger partial charge in [0.25, 0.3) is 0 Å². The van der Waals surface area contributed by atoms with Gasteiger partial charge in [-0.15, -0.1) is 11.3 Å². The van der Waals surface area contributed by atoms with E-state index >= 15 is 0 Å². The predicted molar refractivity (Wildman–Crippen MR) is 115 cm³/mol. The maximum absolute atomic E-state index is 11.9. The van der Waals surface area contributed by atoms with Crippen molar-refractivity contribution in [3.8, 4) is 11.5 Å². The molecule has 0 bridgehead atoms. The van der Waals surface area contributed by atoms with Crippen molar-refractivity contribution in [2.24, 2.45) is 0 Å². The fourth-order valence-electron chi connectivity index (χ4n) is 3.18. The summed E-state index contributed by atoms with van der Waals surface area (Å²) in [5, 5.41) is 2.74. The first-order valence-electron chi connectivity index (χ1n) is 9.07. The lowest BCUT2D eigenvalue weighted by Crippen LogP contribution is -2.07. The van der Waals surface area contributed by atoms with Crippen LogP contribution in [0.1, 0.15) is 40.8 Å². The standard InChI is InChI=1S/C23H23ClO3S/c1-15-10-11-28-23(15)19(12-16(2)25)17-8-9-21(22(13-17)26-3)27-14-18-6-4-5-7-20(18)24/h4-11,13,19H,12,14H2,1-3H3. The Morgan fingerprint density at radius 1 is 1.14 bits per heavy atom. The van der Waals surface area contributed by atoms with Gasteiger partial charge in [-0.2, -0.15) is 0 Å². The minimum Gasteiger partial charge on any atom is -0.493 e. The zero-order valence-corrected chi connectivity index (χ0v) is 17.8. The third kappa shape index (κ3) is 4.75. The average Bonchev–Trinajstić information content (AvgIpc) is 3.11. The van der Waals surface area contributed by atoms with Crippen LogP contribution in [-0.4, -0.2) is 12.9 Å². The molecule has 5 heteroatoms. The normalized spacial score (nSPS) is 11.9. The SMILES string of the molecule is COc1cc(C(CC(C)=O)c2sccc2C)ccc1OCc1ccccc1Cl. The molecule has 3 nitrogen and oxygen atoms in total. The molecule has 0 N–H and O–H groups in total. The number of carbonyl (C=O) groups excluding carboxylic acids is 1. The Labute approximate surface area is 174 Å². The van der Waals surface area contributed by atoms with Crippen molar-refractivity contribution in [2.75, 3.05) is 7.11 Å². The lowest BCUT2D eigenvalue weighted by molar-refractivity contribution is -0.117. The number of methoxy groups -OCH3 is 1. The van der Waals surface area contributed by atoms with E-state index in [0.717, 1.165) is 11.1 Å². The Balaban J connectivity index is 1.87. The highest BCUT2D eigenvalue weighted by Gasteiger charge is 2.21. The van der Waals surface area contributed by atoms with Gasteiger partial charge in [-0.1, -0.05) is 35.9 Å². The van der Waals surface area contributed by atoms with Crippen molar-refractivity contribution < 1.29 is 14.3 Å². The first-order valence-corrected chi connectivity index (χ1v) is 10.3. The molecule has 0 aliphatic rings. The van der Waals surface area contributed by atoms with E-state index in [1.54, 1.807) is 25.4 Å². The zero-order valence-electron chi connectivity index (χ0n) is 16.2. The van der Waals surface area contributed by atoms with Gasteiger partial charge in [0.15, 0.2) is 11.5 Å². The monoisotopic (exact) mass is 414 g/mol. The Bertz CT molecular complexity index is 964. The number of carbonyl (C=O) groups is 1. The summed E-state index contributed by atoms with van der Waals surface area (Å²) in [5.41, 5.74) is 3.16. The lowest BCUT2D eigenvalue weighted by Gasteiger charge is -2.19. The molecule has 3 rings (SSSR count). The number of rotatable bonds is 8. The van der Waals surface area contributed by atoms with Crippen LogP contribution >= 0.6 is 22.9 Å².